The molecule has 3 aromatic rings. The van der Waals surface area contributed by atoms with Crippen LogP contribution in [0.1, 0.15) is 47.7 Å². The van der Waals surface area contributed by atoms with Crippen LogP contribution in [-0.4, -0.2) is 32.3 Å². The van der Waals surface area contributed by atoms with Gasteiger partial charge in [0.05, 0.1) is 4.90 Å². The first-order chi connectivity index (χ1) is 16.3. The first kappa shape index (κ1) is 24.2. The van der Waals surface area contributed by atoms with E-state index < -0.39 is 9.84 Å². The number of nitrogens with one attached hydrogen (secondary N) is 1. The van der Waals surface area contributed by atoms with Crippen molar-refractivity contribution in [2.75, 3.05) is 13.1 Å². The Balaban J connectivity index is 1.29. The van der Waals surface area contributed by atoms with Crippen molar-refractivity contribution in [2.45, 2.75) is 44.0 Å². The number of amides is 1. The van der Waals surface area contributed by atoms with Crippen LogP contribution in [0, 0.1) is 11.8 Å². The van der Waals surface area contributed by atoms with Gasteiger partial charge in [0.15, 0.2) is 15.6 Å². The normalized spacial score (nSPS) is 19.1. The lowest BCUT2D eigenvalue weighted by Crippen LogP contribution is -2.38. The topological polar surface area (TPSA) is 79.6 Å². The summed E-state index contributed by atoms with van der Waals surface area (Å²) >= 11 is 0. The van der Waals surface area contributed by atoms with Crippen molar-refractivity contribution in [1.29, 1.82) is 0 Å². The van der Waals surface area contributed by atoms with Gasteiger partial charge in [-0.3, -0.25) is 9.69 Å². The Morgan fingerprint density at radius 1 is 0.941 bits per heavy atom. The standard InChI is InChI=1S/C27H32N2O4S/c1-20-14-21(2)17-29(16-20)18-23-10-8-22(9-11-23)15-28-27(30)26-13-12-24(33-26)19-34(31,32)25-6-4-3-5-7-25/h3-13,20-21H,14-19H2,1-2H3,(H,28,30). The van der Waals surface area contributed by atoms with Gasteiger partial charge in [0.2, 0.25) is 0 Å². The van der Waals surface area contributed by atoms with Gasteiger partial charge < -0.3 is 9.73 Å². The van der Waals surface area contributed by atoms with Crippen molar-refractivity contribution in [3.05, 3.63) is 89.4 Å². The zero-order valence-corrected chi connectivity index (χ0v) is 20.6. The second kappa shape index (κ2) is 10.6. The van der Waals surface area contributed by atoms with E-state index in [-0.39, 0.29) is 28.1 Å². The zero-order chi connectivity index (χ0) is 24.1. The summed E-state index contributed by atoms with van der Waals surface area (Å²) in [6.07, 6.45) is 1.30. The molecule has 2 atom stereocenters. The summed E-state index contributed by atoms with van der Waals surface area (Å²) in [5.41, 5.74) is 2.27. The van der Waals surface area contributed by atoms with Crippen molar-refractivity contribution in [1.82, 2.24) is 10.2 Å². The number of piperidine rings is 1. The molecule has 2 unspecified atom stereocenters. The Kier molecular flexibility index (Phi) is 7.54. The summed E-state index contributed by atoms with van der Waals surface area (Å²) < 4.78 is 30.5. The van der Waals surface area contributed by atoms with Crippen LogP contribution in [0.3, 0.4) is 0 Å². The van der Waals surface area contributed by atoms with Gasteiger partial charge in [0.25, 0.3) is 5.91 Å². The molecule has 180 valence electrons. The zero-order valence-electron chi connectivity index (χ0n) is 19.7. The van der Waals surface area contributed by atoms with Crippen LogP contribution in [0.15, 0.2) is 76.0 Å². The Morgan fingerprint density at radius 2 is 1.59 bits per heavy atom. The number of likely N-dealkylation sites (tertiary alicyclic amines) is 1. The quantitative estimate of drug-likeness (QED) is 0.507. The van der Waals surface area contributed by atoms with E-state index in [0.29, 0.717) is 6.54 Å². The third-order valence-electron chi connectivity index (χ3n) is 6.15. The number of carbonyl (C=O) groups excluding carboxylic acids is 1. The number of rotatable bonds is 8. The van der Waals surface area contributed by atoms with Crippen molar-refractivity contribution < 1.29 is 17.6 Å². The second-order valence-corrected chi connectivity index (χ2v) is 11.5. The second-order valence-electron chi connectivity index (χ2n) is 9.48. The Labute approximate surface area is 201 Å². The van der Waals surface area contributed by atoms with Gasteiger partial charge in [-0.05, 0) is 53.6 Å². The molecule has 0 radical (unpaired) electrons. The molecule has 2 aromatic carbocycles. The fourth-order valence-electron chi connectivity index (χ4n) is 4.69. The Bertz CT molecular complexity index is 1190. The molecule has 0 spiro atoms. The van der Waals surface area contributed by atoms with Gasteiger partial charge >= 0.3 is 0 Å². The summed E-state index contributed by atoms with van der Waals surface area (Å²) in [5.74, 6) is 1.14. The van der Waals surface area contributed by atoms with Gasteiger partial charge in [-0.25, -0.2) is 8.42 Å². The maximum atomic E-state index is 12.5. The van der Waals surface area contributed by atoms with E-state index in [1.165, 1.54) is 24.1 Å². The van der Waals surface area contributed by atoms with Crippen LogP contribution in [0.25, 0.3) is 0 Å². The SMILES string of the molecule is CC1CC(C)CN(Cc2ccc(CNC(=O)c3ccc(CS(=O)(=O)c4ccccc4)o3)cc2)C1. The molecule has 1 aromatic heterocycles. The maximum absolute atomic E-state index is 12.5. The number of nitrogens with zero attached hydrogens (tertiary/aromatic N) is 1. The summed E-state index contributed by atoms with van der Waals surface area (Å²) in [5, 5.41) is 2.84. The fraction of sp³-hybridized carbons (Fsp3) is 0.370. The van der Waals surface area contributed by atoms with E-state index in [1.807, 2.05) is 12.1 Å². The minimum atomic E-state index is -3.53. The first-order valence-electron chi connectivity index (χ1n) is 11.7. The number of benzene rings is 2. The molecule has 0 saturated carbocycles. The van der Waals surface area contributed by atoms with Crippen molar-refractivity contribution in [2.24, 2.45) is 11.8 Å². The molecule has 1 aliphatic heterocycles. The van der Waals surface area contributed by atoms with E-state index >= 15 is 0 Å². The van der Waals surface area contributed by atoms with Gasteiger partial charge in [0.1, 0.15) is 11.5 Å². The van der Waals surface area contributed by atoms with Crippen LogP contribution in [0.4, 0.5) is 0 Å². The highest BCUT2D eigenvalue weighted by Gasteiger charge is 2.22. The summed E-state index contributed by atoms with van der Waals surface area (Å²) in [6, 6.07) is 19.5. The number of sulfone groups is 1. The van der Waals surface area contributed by atoms with Gasteiger partial charge in [-0.1, -0.05) is 56.3 Å². The first-order valence-corrected chi connectivity index (χ1v) is 13.4. The largest absolute Gasteiger partial charge is 0.455 e. The molecule has 0 bridgehead atoms. The predicted octanol–water partition coefficient (Wildman–Crippen LogP) is 4.66. The van der Waals surface area contributed by atoms with E-state index in [2.05, 4.69) is 36.2 Å². The predicted molar refractivity (Wildman–Crippen MR) is 132 cm³/mol. The summed E-state index contributed by atoms with van der Waals surface area (Å²) in [4.78, 5) is 15.2. The van der Waals surface area contributed by atoms with Crippen LogP contribution in [0.5, 0.6) is 0 Å². The number of hydrogen-bond acceptors (Lipinski definition) is 5. The van der Waals surface area contributed by atoms with E-state index in [4.69, 9.17) is 4.42 Å². The lowest BCUT2D eigenvalue weighted by atomic mass is 9.91. The highest BCUT2D eigenvalue weighted by atomic mass is 32.2. The number of furan rings is 1. The average Bonchev–Trinajstić information content (AvgIpc) is 3.26. The molecular formula is C27H32N2O4S. The van der Waals surface area contributed by atoms with Crippen LogP contribution < -0.4 is 5.32 Å². The van der Waals surface area contributed by atoms with Gasteiger partial charge in [-0.2, -0.15) is 0 Å². The molecule has 6 nitrogen and oxygen atoms in total. The van der Waals surface area contributed by atoms with Gasteiger partial charge in [0, 0.05) is 26.2 Å². The highest BCUT2D eigenvalue weighted by Crippen LogP contribution is 2.23. The van der Waals surface area contributed by atoms with Crippen molar-refractivity contribution in [3.63, 3.8) is 0 Å². The summed E-state index contributed by atoms with van der Waals surface area (Å²) in [6.45, 7) is 8.23. The number of carbonyl (C=O) groups is 1. The highest BCUT2D eigenvalue weighted by molar-refractivity contribution is 7.90. The summed E-state index contributed by atoms with van der Waals surface area (Å²) in [7, 11) is -3.53. The van der Waals surface area contributed by atoms with E-state index in [1.54, 1.807) is 30.3 Å². The average molecular weight is 481 g/mol. The van der Waals surface area contributed by atoms with Gasteiger partial charge in [-0.15, -0.1) is 0 Å². The minimum Gasteiger partial charge on any atom is -0.455 e. The van der Waals surface area contributed by atoms with Crippen molar-refractivity contribution >= 4 is 15.7 Å². The molecule has 1 N–H and O–H groups in total. The maximum Gasteiger partial charge on any atom is 0.287 e. The molecule has 1 aliphatic rings. The van der Waals surface area contributed by atoms with Crippen molar-refractivity contribution in [3.8, 4) is 0 Å². The molecule has 1 fully saturated rings. The number of hydrogen-bond donors (Lipinski definition) is 1. The molecule has 2 heterocycles. The minimum absolute atomic E-state index is 0.100. The van der Waals surface area contributed by atoms with Crippen LogP contribution >= 0.6 is 0 Å². The third-order valence-corrected chi connectivity index (χ3v) is 7.80. The Morgan fingerprint density at radius 3 is 2.26 bits per heavy atom. The molecule has 0 aliphatic carbocycles. The van der Waals surface area contributed by atoms with Crippen LogP contribution in [-0.2, 0) is 28.7 Å². The fourth-order valence-corrected chi connectivity index (χ4v) is 5.96. The lowest BCUT2D eigenvalue weighted by molar-refractivity contribution is 0.0921. The van der Waals surface area contributed by atoms with E-state index in [9.17, 15) is 13.2 Å². The molecule has 4 rings (SSSR count). The smallest absolute Gasteiger partial charge is 0.287 e. The molecular weight excluding hydrogens is 448 g/mol. The third kappa shape index (κ3) is 6.36. The molecule has 1 saturated heterocycles. The molecule has 34 heavy (non-hydrogen) atoms. The molecule has 1 amide bonds. The van der Waals surface area contributed by atoms with E-state index in [0.717, 1.165) is 37.0 Å². The Hall–Kier alpha value is -2.90. The lowest BCUT2D eigenvalue weighted by Gasteiger charge is -2.35. The monoisotopic (exact) mass is 480 g/mol. The van der Waals surface area contributed by atoms with Crippen LogP contribution in [0.2, 0.25) is 0 Å². The molecule has 7 heteroatoms.